The number of hydrogen-bond donors (Lipinski definition) is 2. The molecule has 0 bridgehead atoms. The third-order valence-corrected chi connectivity index (χ3v) is 4.68. The highest BCUT2D eigenvalue weighted by Gasteiger charge is 2.14. The van der Waals surface area contributed by atoms with Crippen LogP contribution in [0.5, 0.6) is 17.2 Å². The molecule has 2 heterocycles. The number of halogens is 3. The number of nitrogens with zero attached hydrogens (tertiary/aromatic N) is 3. The summed E-state index contributed by atoms with van der Waals surface area (Å²) in [5, 5.41) is 16.8. The van der Waals surface area contributed by atoms with Crippen molar-refractivity contribution in [2.75, 3.05) is 5.73 Å². The van der Waals surface area contributed by atoms with E-state index in [0.717, 1.165) is 11.5 Å². The molecule has 7 nitrogen and oxygen atoms in total. The second-order valence-corrected chi connectivity index (χ2v) is 7.01. The van der Waals surface area contributed by atoms with E-state index >= 15 is 0 Å². The van der Waals surface area contributed by atoms with Crippen molar-refractivity contribution in [2.45, 2.75) is 6.61 Å². The van der Waals surface area contributed by atoms with Gasteiger partial charge in [0.1, 0.15) is 40.5 Å². The lowest BCUT2D eigenvalue weighted by Gasteiger charge is -2.12. The van der Waals surface area contributed by atoms with E-state index in [1.54, 1.807) is 12.1 Å². The number of nitrogens with two attached hydrogens (primary N) is 1. The lowest BCUT2D eigenvalue weighted by molar-refractivity contribution is 0.299. The Hall–Kier alpha value is -3.54. The van der Waals surface area contributed by atoms with Crippen LogP contribution in [0.25, 0.3) is 11.0 Å². The molecule has 0 radical (unpaired) electrons. The van der Waals surface area contributed by atoms with Crippen LogP contribution in [-0.4, -0.2) is 15.2 Å². The normalized spacial score (nSPS) is 10.7. The summed E-state index contributed by atoms with van der Waals surface area (Å²) in [6.45, 7) is 0.0435. The molecule has 0 saturated heterocycles. The number of nitrogen functional groups attached to an aromatic ring is 1. The van der Waals surface area contributed by atoms with E-state index in [1.807, 2.05) is 6.07 Å². The number of aromatic nitrogens is 3. The van der Waals surface area contributed by atoms with Gasteiger partial charge in [0.2, 0.25) is 0 Å². The summed E-state index contributed by atoms with van der Waals surface area (Å²) in [5.74, 6) is 0.0568. The van der Waals surface area contributed by atoms with Gasteiger partial charge in [-0.15, -0.1) is 0 Å². The van der Waals surface area contributed by atoms with Gasteiger partial charge in [0.05, 0.1) is 11.6 Å². The molecule has 0 spiro atoms. The Balaban J connectivity index is 1.58. The Morgan fingerprint density at radius 2 is 1.97 bits per heavy atom. The van der Waals surface area contributed by atoms with Gasteiger partial charge >= 0.3 is 0 Å². The molecule has 30 heavy (non-hydrogen) atoms. The molecule has 2 aromatic carbocycles. The largest absolute Gasteiger partial charge is 0.487 e. The number of ether oxygens (including phenoxy) is 2. The summed E-state index contributed by atoms with van der Waals surface area (Å²) >= 11 is 12.0. The molecule has 10 heteroatoms. The standard InChI is InChI=1S/C20H12Cl2FN5O2/c21-11-3-10(8-24)4-13(5-11)30-17-7-12(6-15(23)19(17)22)29-9-16-14-1-2-18(25)26-20(14)28-27-16/h1-7H,9H2,(H3,25,26,27,28). The average molecular weight is 444 g/mol. The number of fused-ring (bicyclic) bond motifs is 1. The first kappa shape index (κ1) is 19.8. The van der Waals surface area contributed by atoms with E-state index in [1.165, 1.54) is 24.3 Å². The van der Waals surface area contributed by atoms with Crippen LogP contribution in [0.4, 0.5) is 10.2 Å². The van der Waals surface area contributed by atoms with Gasteiger partial charge < -0.3 is 15.2 Å². The molecule has 4 aromatic rings. The minimum Gasteiger partial charge on any atom is -0.487 e. The maximum atomic E-state index is 14.3. The lowest BCUT2D eigenvalue weighted by Crippen LogP contribution is -1.98. The summed E-state index contributed by atoms with van der Waals surface area (Å²) in [5.41, 5.74) is 7.04. The van der Waals surface area contributed by atoms with Crippen LogP contribution < -0.4 is 15.2 Å². The summed E-state index contributed by atoms with van der Waals surface area (Å²) in [7, 11) is 0. The minimum atomic E-state index is -0.729. The van der Waals surface area contributed by atoms with Crippen LogP contribution in [0.2, 0.25) is 10.0 Å². The number of nitrogens with one attached hydrogen (secondary N) is 1. The SMILES string of the molecule is N#Cc1cc(Cl)cc(Oc2cc(OCc3n[nH]c4nc(N)ccc34)cc(F)c2Cl)c1. The van der Waals surface area contributed by atoms with E-state index < -0.39 is 5.82 Å². The van der Waals surface area contributed by atoms with Crippen LogP contribution in [0.15, 0.2) is 42.5 Å². The van der Waals surface area contributed by atoms with E-state index in [4.69, 9.17) is 43.7 Å². The van der Waals surface area contributed by atoms with Crippen molar-refractivity contribution in [3.8, 4) is 23.3 Å². The van der Waals surface area contributed by atoms with E-state index in [0.29, 0.717) is 27.7 Å². The molecule has 2 aromatic heterocycles. The molecule has 0 fully saturated rings. The molecule has 4 rings (SSSR count). The minimum absolute atomic E-state index is 0.0131. The number of rotatable bonds is 5. The maximum absolute atomic E-state index is 14.3. The van der Waals surface area contributed by atoms with Gasteiger partial charge in [-0.25, -0.2) is 9.37 Å². The molecular formula is C20H12Cl2FN5O2. The van der Waals surface area contributed by atoms with Crippen molar-refractivity contribution in [1.82, 2.24) is 15.2 Å². The first-order valence-corrected chi connectivity index (χ1v) is 9.28. The molecule has 0 aliphatic rings. The predicted molar refractivity (Wildman–Crippen MR) is 110 cm³/mol. The summed E-state index contributed by atoms with van der Waals surface area (Å²) in [4.78, 5) is 4.13. The molecule has 0 atom stereocenters. The number of nitriles is 1. The third kappa shape index (κ3) is 4.08. The molecule has 0 amide bonds. The van der Waals surface area contributed by atoms with E-state index in [2.05, 4.69) is 15.2 Å². The van der Waals surface area contributed by atoms with Crippen molar-refractivity contribution in [2.24, 2.45) is 0 Å². The van der Waals surface area contributed by atoms with Crippen LogP contribution in [-0.2, 0) is 6.61 Å². The molecule has 0 aliphatic carbocycles. The topological polar surface area (TPSA) is 110 Å². The highest BCUT2D eigenvalue weighted by Crippen LogP contribution is 2.36. The molecule has 3 N–H and O–H groups in total. The Labute approximate surface area is 179 Å². The molecule has 0 unspecified atom stereocenters. The van der Waals surface area contributed by atoms with Crippen molar-refractivity contribution < 1.29 is 13.9 Å². The fourth-order valence-electron chi connectivity index (χ4n) is 2.75. The zero-order valence-electron chi connectivity index (χ0n) is 15.1. The zero-order valence-corrected chi connectivity index (χ0v) is 16.6. The number of benzene rings is 2. The van der Waals surface area contributed by atoms with Gasteiger partial charge in [0.25, 0.3) is 0 Å². The third-order valence-electron chi connectivity index (χ3n) is 4.10. The molecule has 0 aliphatic heterocycles. The first-order chi connectivity index (χ1) is 14.4. The fourth-order valence-corrected chi connectivity index (χ4v) is 3.12. The lowest BCUT2D eigenvalue weighted by atomic mass is 10.2. The monoisotopic (exact) mass is 443 g/mol. The number of H-pyrrole nitrogens is 1. The van der Waals surface area contributed by atoms with E-state index in [-0.39, 0.29) is 28.9 Å². The van der Waals surface area contributed by atoms with Gasteiger partial charge in [-0.1, -0.05) is 23.2 Å². The second-order valence-electron chi connectivity index (χ2n) is 6.20. The Morgan fingerprint density at radius 3 is 2.77 bits per heavy atom. The van der Waals surface area contributed by atoms with Crippen LogP contribution in [0, 0.1) is 17.1 Å². The smallest absolute Gasteiger partial charge is 0.157 e. The highest BCUT2D eigenvalue weighted by molar-refractivity contribution is 6.32. The number of hydrogen-bond acceptors (Lipinski definition) is 6. The zero-order chi connectivity index (χ0) is 21.3. The summed E-state index contributed by atoms with van der Waals surface area (Å²) < 4.78 is 25.6. The Bertz CT molecular complexity index is 1300. The number of anilines is 1. The highest BCUT2D eigenvalue weighted by atomic mass is 35.5. The van der Waals surface area contributed by atoms with Gasteiger partial charge in [-0.2, -0.15) is 10.4 Å². The van der Waals surface area contributed by atoms with Crippen LogP contribution >= 0.6 is 23.2 Å². The molecule has 0 saturated carbocycles. The quantitative estimate of drug-likeness (QED) is 0.436. The van der Waals surface area contributed by atoms with E-state index in [9.17, 15) is 4.39 Å². The van der Waals surface area contributed by atoms with Crippen LogP contribution in [0.3, 0.4) is 0 Å². The van der Waals surface area contributed by atoms with Gasteiger partial charge in [-0.05, 0) is 30.3 Å². The average Bonchev–Trinajstić information content (AvgIpc) is 3.11. The van der Waals surface area contributed by atoms with Crippen LogP contribution in [0.1, 0.15) is 11.3 Å². The van der Waals surface area contributed by atoms with Crippen molar-refractivity contribution >= 4 is 40.1 Å². The first-order valence-electron chi connectivity index (χ1n) is 8.53. The van der Waals surface area contributed by atoms with Crippen molar-refractivity contribution in [1.29, 1.82) is 5.26 Å². The Morgan fingerprint density at radius 1 is 1.13 bits per heavy atom. The van der Waals surface area contributed by atoms with Gasteiger partial charge in [0.15, 0.2) is 11.4 Å². The summed E-state index contributed by atoms with van der Waals surface area (Å²) in [6.07, 6.45) is 0. The maximum Gasteiger partial charge on any atom is 0.157 e. The fraction of sp³-hybridized carbons (Fsp3) is 0.0500. The Kier molecular flexibility index (Phi) is 5.31. The number of pyridine rings is 1. The van der Waals surface area contributed by atoms with Crippen molar-refractivity contribution in [3.05, 3.63) is 69.6 Å². The van der Waals surface area contributed by atoms with Gasteiger partial charge in [-0.3, -0.25) is 5.10 Å². The summed E-state index contributed by atoms with van der Waals surface area (Å²) in [6, 6.07) is 12.4. The van der Waals surface area contributed by atoms with Gasteiger partial charge in [0, 0.05) is 22.5 Å². The predicted octanol–water partition coefficient (Wildman–Crippen LogP) is 5.23. The second kappa shape index (κ2) is 8.06. The molecule has 150 valence electrons. The molecular weight excluding hydrogens is 432 g/mol. The number of aromatic amines is 1. The van der Waals surface area contributed by atoms with Crippen molar-refractivity contribution in [3.63, 3.8) is 0 Å².